The minimum atomic E-state index is 0.132. The number of benzene rings is 1. The molecule has 0 heterocycles. The summed E-state index contributed by atoms with van der Waals surface area (Å²) in [5.74, 6) is 1.00. The zero-order valence-electron chi connectivity index (χ0n) is 10.8. The fourth-order valence-electron chi connectivity index (χ4n) is 2.13. The van der Waals surface area contributed by atoms with Crippen LogP contribution in [0.2, 0.25) is 0 Å². The second-order valence-electron chi connectivity index (χ2n) is 4.45. The van der Waals surface area contributed by atoms with Crippen molar-refractivity contribution in [3.05, 3.63) is 28.2 Å². The highest BCUT2D eigenvalue weighted by molar-refractivity contribution is 9.10. The normalized spacial score (nSPS) is 14.8. The lowest BCUT2D eigenvalue weighted by Gasteiger charge is -2.30. The highest BCUT2D eigenvalue weighted by Crippen LogP contribution is 2.35. The van der Waals surface area contributed by atoms with E-state index < -0.39 is 0 Å². The zero-order chi connectivity index (χ0) is 13.0. The third kappa shape index (κ3) is 3.44. The minimum Gasteiger partial charge on any atom is -0.496 e. The van der Waals surface area contributed by atoms with Crippen LogP contribution < -0.4 is 4.74 Å². The molecule has 1 aromatic rings. The zero-order valence-corrected chi connectivity index (χ0v) is 12.4. The molecule has 0 spiro atoms. The molecule has 17 heavy (non-hydrogen) atoms. The van der Waals surface area contributed by atoms with Crippen LogP contribution in [0.3, 0.4) is 0 Å². The van der Waals surface area contributed by atoms with Crippen molar-refractivity contribution in [3.8, 4) is 5.75 Å². The SMILES string of the molecule is COc1ccc(Br)cc1C(C(C)CO)N(C)C. The molecule has 1 rings (SSSR count). The van der Waals surface area contributed by atoms with Crippen molar-refractivity contribution >= 4 is 15.9 Å². The molecule has 0 aliphatic rings. The number of aliphatic hydroxyl groups excluding tert-OH is 1. The van der Waals surface area contributed by atoms with Gasteiger partial charge in [-0.25, -0.2) is 0 Å². The second kappa shape index (κ2) is 6.38. The molecule has 0 aliphatic carbocycles. The van der Waals surface area contributed by atoms with E-state index in [9.17, 15) is 5.11 Å². The van der Waals surface area contributed by atoms with E-state index in [1.165, 1.54) is 0 Å². The minimum absolute atomic E-state index is 0.132. The maximum absolute atomic E-state index is 9.37. The number of hydrogen-bond acceptors (Lipinski definition) is 3. The van der Waals surface area contributed by atoms with E-state index in [1.54, 1.807) is 7.11 Å². The number of methoxy groups -OCH3 is 1. The molecule has 3 nitrogen and oxygen atoms in total. The molecule has 96 valence electrons. The van der Waals surface area contributed by atoms with Crippen LogP contribution in [0.15, 0.2) is 22.7 Å². The van der Waals surface area contributed by atoms with Crippen LogP contribution in [-0.2, 0) is 0 Å². The van der Waals surface area contributed by atoms with Crippen LogP contribution in [0.4, 0.5) is 0 Å². The van der Waals surface area contributed by atoms with E-state index in [-0.39, 0.29) is 18.6 Å². The third-order valence-corrected chi connectivity index (χ3v) is 3.39. The molecule has 0 saturated carbocycles. The molecule has 0 amide bonds. The maximum Gasteiger partial charge on any atom is 0.123 e. The van der Waals surface area contributed by atoms with Crippen LogP contribution >= 0.6 is 15.9 Å². The fourth-order valence-corrected chi connectivity index (χ4v) is 2.51. The first-order valence-electron chi connectivity index (χ1n) is 5.62. The summed E-state index contributed by atoms with van der Waals surface area (Å²) in [6, 6.07) is 6.08. The number of nitrogens with zero attached hydrogens (tertiary/aromatic N) is 1. The summed E-state index contributed by atoms with van der Waals surface area (Å²) in [4.78, 5) is 2.10. The van der Waals surface area contributed by atoms with E-state index in [1.807, 2.05) is 33.2 Å². The van der Waals surface area contributed by atoms with Gasteiger partial charge in [0.15, 0.2) is 0 Å². The molecular weight excluding hydrogens is 282 g/mol. The van der Waals surface area contributed by atoms with Crippen molar-refractivity contribution in [3.63, 3.8) is 0 Å². The number of hydrogen-bond donors (Lipinski definition) is 1. The summed E-state index contributed by atoms with van der Waals surface area (Å²) in [5, 5.41) is 9.37. The van der Waals surface area contributed by atoms with E-state index in [4.69, 9.17) is 4.74 Å². The van der Waals surface area contributed by atoms with E-state index in [0.29, 0.717) is 0 Å². The Morgan fingerprint density at radius 3 is 2.53 bits per heavy atom. The molecule has 0 aliphatic heterocycles. The first kappa shape index (κ1) is 14.5. The number of ether oxygens (including phenoxy) is 1. The summed E-state index contributed by atoms with van der Waals surface area (Å²) in [6.45, 7) is 2.18. The van der Waals surface area contributed by atoms with Gasteiger partial charge in [0.1, 0.15) is 5.75 Å². The van der Waals surface area contributed by atoms with Crippen molar-refractivity contribution in [1.29, 1.82) is 0 Å². The highest BCUT2D eigenvalue weighted by atomic mass is 79.9. The van der Waals surface area contributed by atoms with Gasteiger partial charge in [0.25, 0.3) is 0 Å². The smallest absolute Gasteiger partial charge is 0.123 e. The van der Waals surface area contributed by atoms with E-state index in [0.717, 1.165) is 15.8 Å². The van der Waals surface area contributed by atoms with Crippen LogP contribution in [0.1, 0.15) is 18.5 Å². The molecule has 0 radical (unpaired) electrons. The monoisotopic (exact) mass is 301 g/mol. The summed E-state index contributed by atoms with van der Waals surface area (Å²) in [7, 11) is 5.69. The molecule has 0 bridgehead atoms. The first-order valence-corrected chi connectivity index (χ1v) is 6.41. The van der Waals surface area contributed by atoms with Crippen LogP contribution in [0.25, 0.3) is 0 Å². The van der Waals surface area contributed by atoms with Crippen molar-refractivity contribution in [1.82, 2.24) is 4.90 Å². The Hall–Kier alpha value is -0.580. The fraction of sp³-hybridized carbons (Fsp3) is 0.538. The van der Waals surface area contributed by atoms with Gasteiger partial charge in [0, 0.05) is 22.7 Å². The third-order valence-electron chi connectivity index (χ3n) is 2.89. The summed E-state index contributed by atoms with van der Waals surface area (Å²) >= 11 is 3.48. The largest absolute Gasteiger partial charge is 0.496 e. The van der Waals surface area contributed by atoms with Crippen molar-refractivity contribution in [2.45, 2.75) is 13.0 Å². The van der Waals surface area contributed by atoms with Crippen molar-refractivity contribution in [2.24, 2.45) is 5.92 Å². The lowest BCUT2D eigenvalue weighted by atomic mass is 9.93. The average molecular weight is 302 g/mol. The van der Waals surface area contributed by atoms with Gasteiger partial charge in [-0.2, -0.15) is 0 Å². The Labute approximate surface area is 112 Å². The van der Waals surface area contributed by atoms with Gasteiger partial charge >= 0.3 is 0 Å². The Kier molecular flexibility index (Phi) is 5.43. The predicted molar refractivity (Wildman–Crippen MR) is 73.4 cm³/mol. The van der Waals surface area contributed by atoms with Gasteiger partial charge in [0.2, 0.25) is 0 Å². The second-order valence-corrected chi connectivity index (χ2v) is 5.37. The van der Waals surface area contributed by atoms with Crippen LogP contribution in [0.5, 0.6) is 5.75 Å². The summed E-state index contributed by atoms with van der Waals surface area (Å²) in [6.07, 6.45) is 0. The van der Waals surface area contributed by atoms with Gasteiger partial charge in [-0.1, -0.05) is 22.9 Å². The van der Waals surface area contributed by atoms with Gasteiger partial charge < -0.3 is 14.7 Å². The highest BCUT2D eigenvalue weighted by Gasteiger charge is 2.24. The first-order chi connectivity index (χ1) is 8.01. The number of halogens is 1. The number of aliphatic hydroxyl groups is 1. The van der Waals surface area contributed by atoms with Gasteiger partial charge in [-0.15, -0.1) is 0 Å². The molecule has 1 N–H and O–H groups in total. The maximum atomic E-state index is 9.37. The summed E-state index contributed by atoms with van der Waals surface area (Å²) < 4.78 is 6.42. The Morgan fingerprint density at radius 2 is 2.06 bits per heavy atom. The molecule has 2 atom stereocenters. The topological polar surface area (TPSA) is 32.7 Å². The van der Waals surface area contributed by atoms with Gasteiger partial charge in [-0.05, 0) is 38.2 Å². The van der Waals surface area contributed by atoms with Crippen molar-refractivity contribution < 1.29 is 9.84 Å². The number of rotatable bonds is 5. The Balaban J connectivity index is 3.21. The van der Waals surface area contributed by atoms with Crippen molar-refractivity contribution in [2.75, 3.05) is 27.8 Å². The molecule has 4 heteroatoms. The Morgan fingerprint density at radius 1 is 1.41 bits per heavy atom. The molecule has 0 fully saturated rings. The lowest BCUT2D eigenvalue weighted by molar-refractivity contribution is 0.143. The Bertz CT molecular complexity index is 368. The van der Waals surface area contributed by atoms with E-state index >= 15 is 0 Å². The van der Waals surface area contributed by atoms with Gasteiger partial charge in [0.05, 0.1) is 7.11 Å². The lowest BCUT2D eigenvalue weighted by Crippen LogP contribution is -2.28. The average Bonchev–Trinajstić information content (AvgIpc) is 2.29. The standard InChI is InChI=1S/C13H20BrNO2/c1-9(8-16)13(15(2)3)11-7-10(14)5-6-12(11)17-4/h5-7,9,13,16H,8H2,1-4H3. The van der Waals surface area contributed by atoms with Crippen LogP contribution in [-0.4, -0.2) is 37.8 Å². The van der Waals surface area contributed by atoms with E-state index in [2.05, 4.69) is 26.9 Å². The molecule has 1 aromatic carbocycles. The summed E-state index contributed by atoms with van der Waals surface area (Å²) in [5.41, 5.74) is 1.09. The molecular formula is C13H20BrNO2. The molecule has 0 aromatic heterocycles. The quantitative estimate of drug-likeness (QED) is 0.908. The van der Waals surface area contributed by atoms with Crippen LogP contribution in [0, 0.1) is 5.92 Å². The molecule has 2 unspecified atom stereocenters. The predicted octanol–water partition coefficient (Wildman–Crippen LogP) is 2.69. The van der Waals surface area contributed by atoms with Gasteiger partial charge in [-0.3, -0.25) is 0 Å². The molecule has 0 saturated heterocycles.